The SMILES string of the molecule is CN(Cc1cccc2ccccc12)C(=O)CCC(=O)N1CCC[C@H]1C(=O)C(=O)O. The summed E-state index contributed by atoms with van der Waals surface area (Å²) < 4.78 is 0. The van der Waals surface area contributed by atoms with Crippen molar-refractivity contribution in [3.05, 3.63) is 48.0 Å². The van der Waals surface area contributed by atoms with Crippen molar-refractivity contribution >= 4 is 34.3 Å². The molecule has 1 aliphatic heterocycles. The molecule has 0 aromatic heterocycles. The van der Waals surface area contributed by atoms with Crippen LogP contribution in [0.1, 0.15) is 31.2 Å². The van der Waals surface area contributed by atoms with Crippen LogP contribution in [0.3, 0.4) is 0 Å². The van der Waals surface area contributed by atoms with Gasteiger partial charge in [0.15, 0.2) is 0 Å². The monoisotopic (exact) mass is 396 g/mol. The Morgan fingerprint density at radius 1 is 1.07 bits per heavy atom. The summed E-state index contributed by atoms with van der Waals surface area (Å²) in [5.41, 5.74) is 1.02. The van der Waals surface area contributed by atoms with Crippen molar-refractivity contribution < 1.29 is 24.3 Å². The van der Waals surface area contributed by atoms with Gasteiger partial charge in [0.25, 0.3) is 5.78 Å². The number of ketones is 1. The summed E-state index contributed by atoms with van der Waals surface area (Å²) in [6.45, 7) is 0.779. The molecule has 0 unspecified atom stereocenters. The normalized spacial score (nSPS) is 16.0. The van der Waals surface area contributed by atoms with Crippen LogP contribution < -0.4 is 0 Å². The molecule has 29 heavy (non-hydrogen) atoms. The van der Waals surface area contributed by atoms with Crippen LogP contribution in [0.25, 0.3) is 10.8 Å². The quantitative estimate of drug-likeness (QED) is 0.724. The summed E-state index contributed by atoms with van der Waals surface area (Å²) in [7, 11) is 1.70. The maximum atomic E-state index is 12.5. The molecule has 3 rings (SSSR count). The van der Waals surface area contributed by atoms with E-state index in [0.29, 0.717) is 25.9 Å². The second-order valence-corrected chi connectivity index (χ2v) is 7.30. The largest absolute Gasteiger partial charge is 0.475 e. The van der Waals surface area contributed by atoms with Gasteiger partial charge < -0.3 is 14.9 Å². The first-order chi connectivity index (χ1) is 13.9. The highest BCUT2D eigenvalue weighted by atomic mass is 16.4. The van der Waals surface area contributed by atoms with Gasteiger partial charge >= 0.3 is 5.97 Å². The van der Waals surface area contributed by atoms with Gasteiger partial charge in [0, 0.05) is 33.0 Å². The molecule has 2 aromatic carbocycles. The second kappa shape index (κ2) is 8.86. The number of carboxylic acid groups (broad SMARTS) is 1. The van der Waals surface area contributed by atoms with Gasteiger partial charge in [-0.05, 0) is 29.2 Å². The molecule has 152 valence electrons. The highest BCUT2D eigenvalue weighted by Crippen LogP contribution is 2.21. The Bertz CT molecular complexity index is 950. The molecule has 1 heterocycles. The van der Waals surface area contributed by atoms with Crippen molar-refractivity contribution in [1.29, 1.82) is 0 Å². The molecule has 1 fully saturated rings. The van der Waals surface area contributed by atoms with Crippen molar-refractivity contribution in [3.8, 4) is 0 Å². The van der Waals surface area contributed by atoms with E-state index >= 15 is 0 Å². The van der Waals surface area contributed by atoms with E-state index in [1.54, 1.807) is 11.9 Å². The predicted octanol–water partition coefficient (Wildman–Crippen LogP) is 2.22. The zero-order valence-corrected chi connectivity index (χ0v) is 16.3. The van der Waals surface area contributed by atoms with Crippen LogP contribution in [0.2, 0.25) is 0 Å². The number of nitrogens with zero attached hydrogens (tertiary/aromatic N) is 2. The lowest BCUT2D eigenvalue weighted by Gasteiger charge is -2.23. The zero-order valence-electron chi connectivity index (χ0n) is 16.3. The molecule has 2 amide bonds. The van der Waals surface area contributed by atoms with Gasteiger partial charge in [0.2, 0.25) is 11.8 Å². The van der Waals surface area contributed by atoms with Gasteiger partial charge in [-0.1, -0.05) is 42.5 Å². The van der Waals surface area contributed by atoms with Crippen molar-refractivity contribution in [2.45, 2.75) is 38.3 Å². The van der Waals surface area contributed by atoms with Crippen molar-refractivity contribution in [2.24, 2.45) is 0 Å². The van der Waals surface area contributed by atoms with E-state index in [2.05, 4.69) is 0 Å². The third kappa shape index (κ3) is 4.62. The molecule has 1 aliphatic rings. The Balaban J connectivity index is 1.58. The van der Waals surface area contributed by atoms with Crippen LogP contribution in [-0.2, 0) is 25.7 Å². The maximum Gasteiger partial charge on any atom is 0.374 e. The Labute approximate surface area is 168 Å². The van der Waals surface area contributed by atoms with Crippen LogP contribution >= 0.6 is 0 Å². The molecule has 0 saturated carbocycles. The fourth-order valence-electron chi connectivity index (χ4n) is 3.80. The molecule has 0 bridgehead atoms. The standard InChI is InChI=1S/C22H24N2O5/c1-23(14-16-8-4-7-15-6-2-3-9-17(15)16)19(25)11-12-20(26)24-13-5-10-18(24)21(27)22(28)29/h2-4,6-9,18H,5,10-14H2,1H3,(H,28,29)/t18-/m0/s1. The third-order valence-electron chi connectivity index (χ3n) is 5.35. The number of carboxylic acids is 1. The highest BCUT2D eigenvalue weighted by Gasteiger charge is 2.37. The van der Waals surface area contributed by atoms with Crippen LogP contribution in [0, 0.1) is 0 Å². The molecular formula is C22H24N2O5. The molecule has 1 saturated heterocycles. The van der Waals surface area contributed by atoms with Crippen LogP contribution in [0.4, 0.5) is 0 Å². The predicted molar refractivity (Wildman–Crippen MR) is 107 cm³/mol. The number of rotatable bonds is 7. The fraction of sp³-hybridized carbons (Fsp3) is 0.364. The van der Waals surface area contributed by atoms with Gasteiger partial charge in [-0.3, -0.25) is 14.4 Å². The van der Waals surface area contributed by atoms with Gasteiger partial charge in [-0.2, -0.15) is 0 Å². The fourth-order valence-corrected chi connectivity index (χ4v) is 3.80. The van der Waals surface area contributed by atoms with Crippen LogP contribution in [-0.4, -0.2) is 58.1 Å². The van der Waals surface area contributed by atoms with Crippen molar-refractivity contribution in [2.75, 3.05) is 13.6 Å². The first kappa shape index (κ1) is 20.5. The molecule has 0 aliphatic carbocycles. The molecule has 7 nitrogen and oxygen atoms in total. The average Bonchev–Trinajstić information content (AvgIpc) is 3.21. The summed E-state index contributed by atoms with van der Waals surface area (Å²) in [5.74, 6) is -3.02. The van der Waals surface area contributed by atoms with E-state index in [0.717, 1.165) is 16.3 Å². The number of hydrogen-bond donors (Lipinski definition) is 1. The van der Waals surface area contributed by atoms with E-state index in [1.165, 1.54) is 4.90 Å². The molecule has 2 aromatic rings. The summed E-state index contributed by atoms with van der Waals surface area (Å²) in [5, 5.41) is 11.1. The lowest BCUT2D eigenvalue weighted by molar-refractivity contribution is -0.153. The van der Waals surface area contributed by atoms with E-state index < -0.39 is 17.8 Å². The first-order valence-electron chi connectivity index (χ1n) is 9.65. The Morgan fingerprint density at radius 3 is 2.55 bits per heavy atom. The number of fused-ring (bicyclic) bond motifs is 1. The molecule has 1 N–H and O–H groups in total. The molecule has 1 atom stereocenters. The minimum absolute atomic E-state index is 0.0184. The van der Waals surface area contributed by atoms with Gasteiger partial charge in [0.05, 0.1) is 0 Å². The van der Waals surface area contributed by atoms with Gasteiger partial charge in [0.1, 0.15) is 6.04 Å². The van der Waals surface area contributed by atoms with Crippen LogP contribution in [0.5, 0.6) is 0 Å². The van der Waals surface area contributed by atoms with E-state index in [1.807, 2.05) is 42.5 Å². The second-order valence-electron chi connectivity index (χ2n) is 7.30. The van der Waals surface area contributed by atoms with E-state index in [-0.39, 0.29) is 24.7 Å². The number of carbonyl (C=O) groups is 4. The Morgan fingerprint density at radius 2 is 1.79 bits per heavy atom. The van der Waals surface area contributed by atoms with Crippen molar-refractivity contribution in [1.82, 2.24) is 9.80 Å². The summed E-state index contributed by atoms with van der Waals surface area (Å²) in [4.78, 5) is 50.5. The summed E-state index contributed by atoms with van der Waals surface area (Å²) in [6, 6.07) is 13.0. The maximum absolute atomic E-state index is 12.5. The average molecular weight is 396 g/mol. The number of Topliss-reactive ketones (excluding diaryl/α,β-unsaturated/α-hetero) is 1. The zero-order chi connectivity index (χ0) is 21.0. The molecule has 7 heteroatoms. The van der Waals surface area contributed by atoms with E-state index in [4.69, 9.17) is 5.11 Å². The van der Waals surface area contributed by atoms with E-state index in [9.17, 15) is 19.2 Å². The lowest BCUT2D eigenvalue weighted by atomic mass is 10.0. The smallest absolute Gasteiger partial charge is 0.374 e. The summed E-state index contributed by atoms with van der Waals surface area (Å²) >= 11 is 0. The Kier molecular flexibility index (Phi) is 6.26. The third-order valence-corrected chi connectivity index (χ3v) is 5.35. The minimum atomic E-state index is -1.53. The minimum Gasteiger partial charge on any atom is -0.475 e. The lowest BCUT2D eigenvalue weighted by Crippen LogP contribution is -2.43. The number of aliphatic carboxylic acids is 1. The van der Waals surface area contributed by atoms with Gasteiger partial charge in [-0.15, -0.1) is 0 Å². The molecule has 0 spiro atoms. The highest BCUT2D eigenvalue weighted by molar-refractivity contribution is 6.35. The summed E-state index contributed by atoms with van der Waals surface area (Å²) in [6.07, 6.45) is 0.919. The Hall–Kier alpha value is -3.22. The van der Waals surface area contributed by atoms with Crippen molar-refractivity contribution in [3.63, 3.8) is 0 Å². The molecule has 0 radical (unpaired) electrons. The van der Waals surface area contributed by atoms with Gasteiger partial charge in [-0.25, -0.2) is 4.79 Å². The number of carbonyl (C=O) groups excluding carboxylic acids is 3. The van der Waals surface area contributed by atoms with Crippen LogP contribution in [0.15, 0.2) is 42.5 Å². The number of benzene rings is 2. The molecular weight excluding hydrogens is 372 g/mol. The topological polar surface area (TPSA) is 95.0 Å². The number of likely N-dealkylation sites (tertiary alicyclic amines) is 1. The number of hydrogen-bond acceptors (Lipinski definition) is 4. The first-order valence-corrected chi connectivity index (χ1v) is 9.65. The number of amides is 2.